The highest BCUT2D eigenvalue weighted by atomic mass is 32.2. The van der Waals surface area contributed by atoms with Crippen LogP contribution in [-0.2, 0) is 16.6 Å². The van der Waals surface area contributed by atoms with E-state index in [-0.39, 0.29) is 0 Å². The fourth-order valence-corrected chi connectivity index (χ4v) is 4.90. The highest BCUT2D eigenvalue weighted by Crippen LogP contribution is 2.24. The molecule has 1 saturated heterocycles. The summed E-state index contributed by atoms with van der Waals surface area (Å²) in [4.78, 5) is 2.57. The molecule has 146 valence electrons. The van der Waals surface area contributed by atoms with Crippen molar-refractivity contribution in [1.82, 2.24) is 9.21 Å². The van der Waals surface area contributed by atoms with E-state index in [9.17, 15) is 13.5 Å². The zero-order valence-electron chi connectivity index (χ0n) is 16.3. The van der Waals surface area contributed by atoms with E-state index in [0.29, 0.717) is 36.8 Å². The Morgan fingerprint density at radius 1 is 0.926 bits per heavy atom. The van der Waals surface area contributed by atoms with Crippen molar-refractivity contribution in [2.45, 2.75) is 38.6 Å². The van der Waals surface area contributed by atoms with Crippen molar-refractivity contribution in [3.05, 3.63) is 58.7 Å². The first-order valence-corrected chi connectivity index (χ1v) is 10.8. The van der Waals surface area contributed by atoms with Gasteiger partial charge >= 0.3 is 0 Å². The maximum atomic E-state index is 12.9. The fourth-order valence-electron chi connectivity index (χ4n) is 3.43. The van der Waals surface area contributed by atoms with Crippen molar-refractivity contribution in [1.29, 1.82) is 0 Å². The van der Waals surface area contributed by atoms with Gasteiger partial charge in [0.2, 0.25) is 10.0 Å². The molecule has 3 rings (SSSR count). The maximum absolute atomic E-state index is 12.9. The zero-order valence-corrected chi connectivity index (χ0v) is 17.1. The van der Waals surface area contributed by atoms with Gasteiger partial charge in [0.15, 0.2) is 0 Å². The quantitative estimate of drug-likeness (QED) is 0.874. The molecule has 2 aromatic carbocycles. The van der Waals surface area contributed by atoms with Crippen molar-refractivity contribution < 1.29 is 13.5 Å². The van der Waals surface area contributed by atoms with Crippen molar-refractivity contribution in [3.8, 4) is 5.75 Å². The second kappa shape index (κ2) is 8.00. The molecule has 1 heterocycles. The molecule has 6 heteroatoms. The topological polar surface area (TPSA) is 60.9 Å². The highest BCUT2D eigenvalue weighted by Gasteiger charge is 2.27. The van der Waals surface area contributed by atoms with E-state index in [2.05, 4.69) is 4.90 Å². The van der Waals surface area contributed by atoms with Gasteiger partial charge in [0.1, 0.15) is 5.75 Å². The highest BCUT2D eigenvalue weighted by molar-refractivity contribution is 7.89. The molecule has 5 nitrogen and oxygen atoms in total. The summed E-state index contributed by atoms with van der Waals surface area (Å²) >= 11 is 0. The summed E-state index contributed by atoms with van der Waals surface area (Å²) in [5.41, 5.74) is 4.17. The fraction of sp³-hybridized carbons (Fsp3) is 0.429. The first-order chi connectivity index (χ1) is 12.8. The van der Waals surface area contributed by atoms with Crippen molar-refractivity contribution >= 4 is 10.0 Å². The molecule has 1 aliphatic rings. The summed E-state index contributed by atoms with van der Waals surface area (Å²) in [6, 6.07) is 10.9. The van der Waals surface area contributed by atoms with Gasteiger partial charge in [-0.3, -0.25) is 4.90 Å². The second-order valence-electron chi connectivity index (χ2n) is 7.41. The molecular formula is C21H28N2O3S. The molecule has 1 fully saturated rings. The number of phenolic OH excluding ortho intramolecular Hbond substituents is 1. The Kier molecular flexibility index (Phi) is 5.89. The monoisotopic (exact) mass is 388 g/mol. The first kappa shape index (κ1) is 19.9. The van der Waals surface area contributed by atoms with Crippen LogP contribution in [0.2, 0.25) is 0 Å². The van der Waals surface area contributed by atoms with Crippen LogP contribution in [0.4, 0.5) is 0 Å². The number of aryl methyl sites for hydroxylation is 3. The molecule has 0 saturated carbocycles. The van der Waals surface area contributed by atoms with Crippen molar-refractivity contribution in [3.63, 3.8) is 0 Å². The molecule has 1 aliphatic heterocycles. The van der Waals surface area contributed by atoms with E-state index in [0.717, 1.165) is 35.2 Å². The van der Waals surface area contributed by atoms with Gasteiger partial charge in [-0.2, -0.15) is 4.31 Å². The predicted octanol–water partition coefficient (Wildman–Crippen LogP) is 3.21. The van der Waals surface area contributed by atoms with E-state index in [1.807, 2.05) is 39.0 Å². The lowest BCUT2D eigenvalue weighted by molar-refractivity contribution is 0.274. The number of hydrogen-bond donors (Lipinski definition) is 1. The molecule has 0 aliphatic carbocycles. The lowest BCUT2D eigenvalue weighted by Crippen LogP contribution is -2.35. The Bertz CT molecular complexity index is 908. The maximum Gasteiger partial charge on any atom is 0.243 e. The van der Waals surface area contributed by atoms with Gasteiger partial charge in [-0.15, -0.1) is 0 Å². The van der Waals surface area contributed by atoms with Gasteiger partial charge in [0.05, 0.1) is 4.90 Å². The zero-order chi connectivity index (χ0) is 19.6. The van der Waals surface area contributed by atoms with Gasteiger partial charge in [0, 0.05) is 31.7 Å². The van der Waals surface area contributed by atoms with E-state index < -0.39 is 10.0 Å². The SMILES string of the molecule is Cc1ccc(S(=O)(=O)N2CCCN(Cc3cc(C)c(C)cc3O)CC2)cc1. The first-order valence-electron chi connectivity index (χ1n) is 9.35. The minimum Gasteiger partial charge on any atom is -0.508 e. The Morgan fingerprint density at radius 3 is 2.30 bits per heavy atom. The molecule has 2 aromatic rings. The van der Waals surface area contributed by atoms with Crippen LogP contribution in [0.25, 0.3) is 0 Å². The number of sulfonamides is 1. The Hall–Kier alpha value is -1.89. The molecule has 0 amide bonds. The number of rotatable bonds is 4. The van der Waals surface area contributed by atoms with Crippen molar-refractivity contribution in [2.24, 2.45) is 0 Å². The van der Waals surface area contributed by atoms with Crippen LogP contribution in [0.3, 0.4) is 0 Å². The van der Waals surface area contributed by atoms with E-state index in [1.165, 1.54) is 0 Å². The van der Waals surface area contributed by atoms with Gasteiger partial charge < -0.3 is 5.11 Å². The lowest BCUT2D eigenvalue weighted by Gasteiger charge is -2.22. The second-order valence-corrected chi connectivity index (χ2v) is 9.35. The Morgan fingerprint density at radius 2 is 1.59 bits per heavy atom. The van der Waals surface area contributed by atoms with Gasteiger partial charge in [0.25, 0.3) is 0 Å². The predicted molar refractivity (Wildman–Crippen MR) is 107 cm³/mol. The molecule has 0 aromatic heterocycles. The molecule has 0 atom stereocenters. The summed E-state index contributed by atoms with van der Waals surface area (Å²) in [6.07, 6.45) is 0.775. The largest absolute Gasteiger partial charge is 0.508 e. The third kappa shape index (κ3) is 4.51. The molecule has 0 spiro atoms. The van der Waals surface area contributed by atoms with Crippen LogP contribution < -0.4 is 0 Å². The number of aromatic hydroxyl groups is 1. The number of nitrogens with zero attached hydrogens (tertiary/aromatic N) is 2. The summed E-state index contributed by atoms with van der Waals surface area (Å²) in [5, 5.41) is 10.2. The molecule has 0 unspecified atom stereocenters. The van der Waals surface area contributed by atoms with E-state index >= 15 is 0 Å². The van der Waals surface area contributed by atoms with Crippen LogP contribution in [-0.4, -0.2) is 48.9 Å². The van der Waals surface area contributed by atoms with E-state index in [4.69, 9.17) is 0 Å². The van der Waals surface area contributed by atoms with Crippen LogP contribution >= 0.6 is 0 Å². The number of benzene rings is 2. The number of phenols is 1. The minimum atomic E-state index is -3.46. The van der Waals surface area contributed by atoms with Gasteiger partial charge in [-0.25, -0.2) is 8.42 Å². The Balaban J connectivity index is 1.70. The molecule has 0 radical (unpaired) electrons. The summed E-state index contributed by atoms with van der Waals surface area (Å²) < 4.78 is 27.4. The molecule has 27 heavy (non-hydrogen) atoms. The Labute approximate surface area is 162 Å². The average molecular weight is 389 g/mol. The molecule has 1 N–H and O–H groups in total. The third-order valence-electron chi connectivity index (χ3n) is 5.30. The summed E-state index contributed by atoms with van der Waals surface area (Å²) in [7, 11) is -3.46. The average Bonchev–Trinajstić information content (AvgIpc) is 2.86. The summed E-state index contributed by atoms with van der Waals surface area (Å²) in [6.45, 7) is 9.04. The van der Waals surface area contributed by atoms with E-state index in [1.54, 1.807) is 22.5 Å². The standard InChI is InChI=1S/C21H28N2O3S/c1-16-5-7-20(8-6-16)27(25,26)23-10-4-9-22(11-12-23)15-19-13-17(2)18(3)14-21(19)24/h5-8,13-14,24H,4,9-12,15H2,1-3H3. The third-order valence-corrected chi connectivity index (χ3v) is 7.21. The summed E-state index contributed by atoms with van der Waals surface area (Å²) in [5.74, 6) is 0.312. The molecular weight excluding hydrogens is 360 g/mol. The van der Waals surface area contributed by atoms with Crippen LogP contribution in [0, 0.1) is 20.8 Å². The number of hydrogen-bond acceptors (Lipinski definition) is 4. The van der Waals surface area contributed by atoms with Crippen molar-refractivity contribution in [2.75, 3.05) is 26.2 Å². The smallest absolute Gasteiger partial charge is 0.243 e. The van der Waals surface area contributed by atoms with Crippen LogP contribution in [0.5, 0.6) is 5.75 Å². The normalized spacial score (nSPS) is 17.0. The van der Waals surface area contributed by atoms with Gasteiger partial charge in [-0.1, -0.05) is 23.8 Å². The van der Waals surface area contributed by atoms with Gasteiger partial charge in [-0.05, 0) is 63.1 Å². The lowest BCUT2D eigenvalue weighted by atomic mass is 10.0. The van der Waals surface area contributed by atoms with Crippen LogP contribution in [0.15, 0.2) is 41.3 Å². The minimum absolute atomic E-state index is 0.312. The van der Waals surface area contributed by atoms with Crippen LogP contribution in [0.1, 0.15) is 28.7 Å². The molecule has 0 bridgehead atoms.